The number of hydrogen-bond acceptors (Lipinski definition) is 4. The number of esters is 1. The average molecular weight is 292 g/mol. The molecule has 0 saturated carbocycles. The number of hydrogen-bond donors (Lipinski definition) is 1. The summed E-state index contributed by atoms with van der Waals surface area (Å²) in [4.78, 5) is 25.1. The van der Waals surface area contributed by atoms with Crippen LogP contribution in [0, 0.1) is 0 Å². The third kappa shape index (κ3) is 5.95. The highest BCUT2D eigenvalue weighted by atomic mass is 16.5. The maximum atomic E-state index is 12.1. The van der Waals surface area contributed by atoms with E-state index in [-0.39, 0.29) is 12.3 Å². The zero-order valence-electron chi connectivity index (χ0n) is 12.7. The molecule has 116 valence electrons. The minimum absolute atomic E-state index is 0.0211. The Hall–Kier alpha value is -1.88. The molecule has 1 rings (SSSR count). The van der Waals surface area contributed by atoms with Crippen molar-refractivity contribution in [3.8, 4) is 0 Å². The number of nitrogens with two attached hydrogens (primary N) is 1. The lowest BCUT2D eigenvalue weighted by atomic mass is 10.1. The number of nitrogens with zero attached hydrogens (tertiary/aromatic N) is 1. The molecule has 0 heterocycles. The molecule has 0 radical (unpaired) electrons. The molecule has 0 aliphatic rings. The van der Waals surface area contributed by atoms with E-state index in [1.54, 1.807) is 4.90 Å². The fourth-order valence-electron chi connectivity index (χ4n) is 2.07. The number of carbonyl (C=O) groups excluding carboxylic acids is 2. The Labute approximate surface area is 126 Å². The van der Waals surface area contributed by atoms with E-state index >= 15 is 0 Å². The van der Waals surface area contributed by atoms with Crippen LogP contribution in [0.3, 0.4) is 0 Å². The van der Waals surface area contributed by atoms with Crippen molar-refractivity contribution in [1.82, 2.24) is 4.90 Å². The quantitative estimate of drug-likeness (QED) is 0.734. The summed E-state index contributed by atoms with van der Waals surface area (Å²) < 4.78 is 4.55. The van der Waals surface area contributed by atoms with Crippen molar-refractivity contribution < 1.29 is 14.3 Å². The highest BCUT2D eigenvalue weighted by molar-refractivity contribution is 5.79. The third-order valence-electron chi connectivity index (χ3n) is 3.42. The summed E-state index contributed by atoms with van der Waals surface area (Å²) in [7, 11) is 1.29. The molecule has 1 amide bonds. The number of likely N-dealkylation sites (N-methyl/N-ethyl adjacent to an activating group) is 1. The SMILES string of the molecule is CCN(CCc1ccccc1)C(=O)CC[C@H](N)C(=O)OC. The first-order valence-corrected chi connectivity index (χ1v) is 7.23. The van der Waals surface area contributed by atoms with Gasteiger partial charge in [-0.25, -0.2) is 0 Å². The molecule has 0 aliphatic carbocycles. The molecule has 5 heteroatoms. The van der Waals surface area contributed by atoms with Gasteiger partial charge in [-0.05, 0) is 25.3 Å². The van der Waals surface area contributed by atoms with E-state index in [0.29, 0.717) is 19.5 Å². The number of amides is 1. The Bertz CT molecular complexity index is 448. The Kier molecular flexibility index (Phi) is 7.46. The van der Waals surface area contributed by atoms with Crippen LogP contribution in [-0.2, 0) is 20.7 Å². The maximum absolute atomic E-state index is 12.1. The van der Waals surface area contributed by atoms with Crippen molar-refractivity contribution in [3.05, 3.63) is 35.9 Å². The second-order valence-corrected chi connectivity index (χ2v) is 4.88. The predicted octanol–water partition coefficient (Wildman–Crippen LogP) is 1.36. The van der Waals surface area contributed by atoms with Crippen LogP contribution in [0.1, 0.15) is 25.3 Å². The number of ether oxygens (including phenoxy) is 1. The van der Waals surface area contributed by atoms with Gasteiger partial charge in [0.15, 0.2) is 0 Å². The molecule has 0 aliphatic heterocycles. The Balaban J connectivity index is 2.41. The second kappa shape index (κ2) is 9.13. The van der Waals surface area contributed by atoms with Gasteiger partial charge < -0.3 is 15.4 Å². The van der Waals surface area contributed by atoms with E-state index in [1.165, 1.54) is 12.7 Å². The monoisotopic (exact) mass is 292 g/mol. The Morgan fingerprint density at radius 1 is 1.29 bits per heavy atom. The molecule has 1 aromatic carbocycles. The number of rotatable bonds is 8. The summed E-state index contributed by atoms with van der Waals surface area (Å²) in [5.74, 6) is -0.456. The Morgan fingerprint density at radius 2 is 1.95 bits per heavy atom. The first kappa shape index (κ1) is 17.2. The molecule has 0 bridgehead atoms. The van der Waals surface area contributed by atoms with Crippen molar-refractivity contribution in [2.24, 2.45) is 5.73 Å². The molecule has 1 atom stereocenters. The lowest BCUT2D eigenvalue weighted by Gasteiger charge is -2.21. The average Bonchev–Trinajstić information content (AvgIpc) is 2.53. The molecule has 21 heavy (non-hydrogen) atoms. The van der Waals surface area contributed by atoms with Crippen molar-refractivity contribution in [1.29, 1.82) is 0 Å². The van der Waals surface area contributed by atoms with E-state index in [1.807, 2.05) is 37.3 Å². The zero-order valence-corrected chi connectivity index (χ0v) is 12.7. The van der Waals surface area contributed by atoms with Gasteiger partial charge >= 0.3 is 5.97 Å². The first-order chi connectivity index (χ1) is 10.1. The van der Waals surface area contributed by atoms with Crippen LogP contribution in [0.15, 0.2) is 30.3 Å². The normalized spacial score (nSPS) is 11.8. The van der Waals surface area contributed by atoms with Gasteiger partial charge in [-0.15, -0.1) is 0 Å². The zero-order chi connectivity index (χ0) is 15.7. The molecular weight excluding hydrogens is 268 g/mol. The molecule has 0 fully saturated rings. The minimum Gasteiger partial charge on any atom is -0.468 e. The number of benzene rings is 1. The Morgan fingerprint density at radius 3 is 2.52 bits per heavy atom. The molecule has 1 aromatic rings. The van der Waals surface area contributed by atoms with Crippen molar-refractivity contribution in [3.63, 3.8) is 0 Å². The summed E-state index contributed by atoms with van der Waals surface area (Å²) in [6.07, 6.45) is 1.40. The molecule has 5 nitrogen and oxygen atoms in total. The molecule has 0 spiro atoms. The van der Waals surface area contributed by atoms with Crippen molar-refractivity contribution >= 4 is 11.9 Å². The smallest absolute Gasteiger partial charge is 0.322 e. The molecule has 0 aromatic heterocycles. The molecule has 0 saturated heterocycles. The minimum atomic E-state index is -0.730. The molecule has 0 unspecified atom stereocenters. The largest absolute Gasteiger partial charge is 0.468 e. The summed E-state index contributed by atoms with van der Waals surface area (Å²) in [6.45, 7) is 3.27. The van der Waals surface area contributed by atoms with Gasteiger partial charge in [0.1, 0.15) is 6.04 Å². The topological polar surface area (TPSA) is 72.6 Å². The van der Waals surface area contributed by atoms with Crippen LogP contribution in [0.2, 0.25) is 0 Å². The molecule has 2 N–H and O–H groups in total. The highest BCUT2D eigenvalue weighted by Gasteiger charge is 2.18. The predicted molar refractivity (Wildman–Crippen MR) is 81.6 cm³/mol. The number of methoxy groups -OCH3 is 1. The summed E-state index contributed by atoms with van der Waals surface area (Å²) in [5, 5.41) is 0. The highest BCUT2D eigenvalue weighted by Crippen LogP contribution is 2.05. The second-order valence-electron chi connectivity index (χ2n) is 4.88. The van der Waals surface area contributed by atoms with Gasteiger partial charge in [0.25, 0.3) is 0 Å². The maximum Gasteiger partial charge on any atom is 0.322 e. The van der Waals surface area contributed by atoms with Crippen LogP contribution in [0.5, 0.6) is 0 Å². The summed E-state index contributed by atoms with van der Waals surface area (Å²) in [5.41, 5.74) is 6.84. The van der Waals surface area contributed by atoms with E-state index in [2.05, 4.69) is 4.74 Å². The van der Waals surface area contributed by atoms with Crippen LogP contribution in [-0.4, -0.2) is 43.0 Å². The van der Waals surface area contributed by atoms with Gasteiger partial charge in [0.2, 0.25) is 5.91 Å². The van der Waals surface area contributed by atoms with Gasteiger partial charge in [-0.1, -0.05) is 30.3 Å². The van der Waals surface area contributed by atoms with Crippen LogP contribution in [0.4, 0.5) is 0 Å². The van der Waals surface area contributed by atoms with Crippen molar-refractivity contribution in [2.75, 3.05) is 20.2 Å². The van der Waals surface area contributed by atoms with E-state index < -0.39 is 12.0 Å². The lowest BCUT2D eigenvalue weighted by Crippen LogP contribution is -2.36. The van der Waals surface area contributed by atoms with Gasteiger partial charge in [-0.3, -0.25) is 9.59 Å². The van der Waals surface area contributed by atoms with Crippen LogP contribution >= 0.6 is 0 Å². The van der Waals surface area contributed by atoms with E-state index in [0.717, 1.165) is 6.42 Å². The van der Waals surface area contributed by atoms with E-state index in [4.69, 9.17) is 5.73 Å². The van der Waals surface area contributed by atoms with Gasteiger partial charge in [-0.2, -0.15) is 0 Å². The van der Waals surface area contributed by atoms with E-state index in [9.17, 15) is 9.59 Å². The van der Waals surface area contributed by atoms with Crippen LogP contribution < -0.4 is 5.73 Å². The number of carbonyl (C=O) groups is 2. The third-order valence-corrected chi connectivity index (χ3v) is 3.42. The van der Waals surface area contributed by atoms with Crippen LogP contribution in [0.25, 0.3) is 0 Å². The standard InChI is InChI=1S/C16H24N2O3/c1-3-18(12-11-13-7-5-4-6-8-13)15(19)10-9-14(17)16(20)21-2/h4-8,14H,3,9-12,17H2,1-2H3/t14-/m0/s1. The lowest BCUT2D eigenvalue weighted by molar-refractivity contribution is -0.142. The first-order valence-electron chi connectivity index (χ1n) is 7.23. The fraction of sp³-hybridized carbons (Fsp3) is 0.500. The molecular formula is C16H24N2O3. The fourth-order valence-corrected chi connectivity index (χ4v) is 2.07. The summed E-state index contributed by atoms with van der Waals surface area (Å²) in [6, 6.07) is 9.31. The van der Waals surface area contributed by atoms with Crippen molar-refractivity contribution in [2.45, 2.75) is 32.2 Å². The van der Waals surface area contributed by atoms with Gasteiger partial charge in [0, 0.05) is 19.5 Å². The summed E-state index contributed by atoms with van der Waals surface area (Å²) >= 11 is 0. The van der Waals surface area contributed by atoms with Gasteiger partial charge in [0.05, 0.1) is 7.11 Å².